The third kappa shape index (κ3) is 5.25. The van der Waals surface area contributed by atoms with Crippen LogP contribution in [-0.2, 0) is 14.4 Å². The van der Waals surface area contributed by atoms with E-state index in [2.05, 4.69) is 25.4 Å². The topological polar surface area (TPSA) is 210 Å². The lowest BCUT2D eigenvalue weighted by Gasteiger charge is -2.49. The van der Waals surface area contributed by atoms with E-state index < -0.39 is 34.9 Å². The molecule has 0 aromatic carbocycles. The number of hydrogen-bond acceptors (Lipinski definition) is 13. The first-order chi connectivity index (χ1) is 17.3. The average Bonchev–Trinajstić information content (AvgIpc) is 2.86. The summed E-state index contributed by atoms with van der Waals surface area (Å²) in [6.45, 7) is 0.479. The number of rotatable bonds is 9. The summed E-state index contributed by atoms with van der Waals surface area (Å²) in [5.41, 5.74) is 10.6. The van der Waals surface area contributed by atoms with E-state index in [1.54, 1.807) is 6.20 Å². The van der Waals surface area contributed by atoms with E-state index in [-0.39, 0.29) is 23.0 Å². The average molecular weight is 549 g/mol. The van der Waals surface area contributed by atoms with Gasteiger partial charge in [0.1, 0.15) is 38.7 Å². The highest BCUT2D eigenvalue weighted by atomic mass is 32.2. The van der Waals surface area contributed by atoms with Gasteiger partial charge in [-0.3, -0.25) is 19.5 Å². The molecular weight excluding hydrogens is 528 g/mol. The lowest BCUT2D eigenvalue weighted by Crippen LogP contribution is -2.71. The molecule has 0 unspecified atom stereocenters. The number of fused-ring (bicyclic) bond motifs is 1. The Balaban J connectivity index is 1.51. The Morgan fingerprint density at radius 3 is 2.75 bits per heavy atom. The van der Waals surface area contributed by atoms with Gasteiger partial charge in [-0.2, -0.15) is 0 Å². The molecule has 16 heteroatoms. The van der Waals surface area contributed by atoms with Gasteiger partial charge >= 0.3 is 5.97 Å². The van der Waals surface area contributed by atoms with Gasteiger partial charge in [-0.05, 0) is 12.1 Å². The molecule has 2 amide bonds. The van der Waals surface area contributed by atoms with Gasteiger partial charge < -0.3 is 27.1 Å². The van der Waals surface area contributed by atoms with Crippen molar-refractivity contribution in [2.24, 2.45) is 10.9 Å². The second kappa shape index (κ2) is 11.2. The quantitative estimate of drug-likeness (QED) is 0.0931. The summed E-state index contributed by atoms with van der Waals surface area (Å²) < 4.78 is 0. The van der Waals surface area contributed by atoms with Crippen LogP contribution in [0, 0.1) is 0 Å². The summed E-state index contributed by atoms with van der Waals surface area (Å²) in [4.78, 5) is 51.9. The Hall–Kier alpha value is -3.34. The molecule has 2 atom stereocenters. The Labute approximate surface area is 217 Å². The number of nitrogens with one attached hydrogen (secondary N) is 1. The van der Waals surface area contributed by atoms with Gasteiger partial charge in [-0.25, -0.2) is 14.8 Å². The van der Waals surface area contributed by atoms with Gasteiger partial charge in [0.05, 0.1) is 12.4 Å². The van der Waals surface area contributed by atoms with E-state index >= 15 is 0 Å². The SMILES string of the molecule is NCCSc1cncc(SC2=C(C(=O)O)N3C(=O)[C@@H](NC(=O)/C(=N\O)c4cccc(N)n4)[C@@H]3SC2)n1. The van der Waals surface area contributed by atoms with Crippen LogP contribution in [0.5, 0.6) is 0 Å². The maximum absolute atomic E-state index is 12.9. The van der Waals surface area contributed by atoms with Crippen LogP contribution in [-0.4, -0.2) is 83.1 Å². The van der Waals surface area contributed by atoms with Crippen LogP contribution in [0.4, 0.5) is 5.82 Å². The number of nitrogens with zero attached hydrogens (tertiary/aromatic N) is 5. The van der Waals surface area contributed by atoms with Crippen LogP contribution in [0.1, 0.15) is 5.69 Å². The number of carbonyl (C=O) groups excluding carboxylic acids is 2. The van der Waals surface area contributed by atoms with Gasteiger partial charge in [0.2, 0.25) is 0 Å². The third-order valence-electron chi connectivity index (χ3n) is 4.94. The number of pyridine rings is 1. The molecule has 0 aliphatic carbocycles. The zero-order chi connectivity index (χ0) is 25.8. The molecule has 0 radical (unpaired) electrons. The fourth-order valence-electron chi connectivity index (χ4n) is 3.41. The minimum atomic E-state index is -1.27. The number of oxime groups is 1. The molecule has 7 N–H and O–H groups in total. The fraction of sp³-hybridized carbons (Fsp3) is 0.250. The van der Waals surface area contributed by atoms with E-state index in [1.807, 2.05) is 0 Å². The van der Waals surface area contributed by atoms with Crippen LogP contribution in [0.3, 0.4) is 0 Å². The third-order valence-corrected chi connectivity index (χ3v) is 8.32. The first-order valence-corrected chi connectivity index (χ1v) is 13.2. The number of nitrogens with two attached hydrogens (primary N) is 2. The summed E-state index contributed by atoms with van der Waals surface area (Å²) in [5, 5.41) is 25.2. The highest BCUT2D eigenvalue weighted by Crippen LogP contribution is 2.44. The minimum Gasteiger partial charge on any atom is -0.477 e. The number of amides is 2. The molecule has 2 aliphatic rings. The van der Waals surface area contributed by atoms with E-state index in [9.17, 15) is 24.7 Å². The second-order valence-electron chi connectivity index (χ2n) is 7.27. The zero-order valence-corrected chi connectivity index (χ0v) is 20.8. The number of thioether (sulfide) groups is 3. The Morgan fingerprint density at radius 2 is 2.06 bits per heavy atom. The maximum Gasteiger partial charge on any atom is 0.353 e. The van der Waals surface area contributed by atoms with Crippen molar-refractivity contribution in [3.05, 3.63) is 46.9 Å². The number of nitrogen functional groups attached to an aromatic ring is 1. The standard InChI is InChI=1S/C20H20N8O5S3/c21-4-5-34-12-6-23-7-13(25-12)36-10-8-35-19-15(18(30)28(19)16(10)20(31)32)26-17(29)14(27-33)9-2-1-3-11(22)24-9/h1-3,6-7,15,19,33H,4-5,8,21H2,(H2,22,24)(H,26,29)(H,31,32)/b27-14-/t15-,19+/m1/s1. The summed E-state index contributed by atoms with van der Waals surface area (Å²) in [6, 6.07) is 3.44. The van der Waals surface area contributed by atoms with Crippen LogP contribution in [0.25, 0.3) is 0 Å². The number of carboxylic acids is 1. The number of carboxylic acid groups (broad SMARTS) is 1. The normalized spacial score (nSPS) is 19.5. The first-order valence-electron chi connectivity index (χ1n) is 10.3. The molecule has 2 aromatic rings. The minimum absolute atomic E-state index is 0.0210. The summed E-state index contributed by atoms with van der Waals surface area (Å²) >= 11 is 3.84. The molecule has 0 saturated carbocycles. The van der Waals surface area contributed by atoms with Crippen LogP contribution >= 0.6 is 35.3 Å². The smallest absolute Gasteiger partial charge is 0.353 e. The van der Waals surface area contributed by atoms with E-state index in [1.165, 1.54) is 47.9 Å². The number of β-lactam (4-membered cyclic amide) rings is 1. The molecule has 188 valence electrons. The number of aliphatic carboxylic acids is 1. The van der Waals surface area contributed by atoms with Crippen molar-refractivity contribution in [2.75, 3.05) is 23.8 Å². The lowest BCUT2D eigenvalue weighted by molar-refractivity contribution is -0.150. The van der Waals surface area contributed by atoms with E-state index in [0.717, 1.165) is 16.7 Å². The van der Waals surface area contributed by atoms with Gasteiger partial charge in [0.15, 0.2) is 5.71 Å². The first kappa shape index (κ1) is 25.7. The number of aromatic nitrogens is 3. The Morgan fingerprint density at radius 1 is 1.28 bits per heavy atom. The van der Waals surface area contributed by atoms with Crippen LogP contribution in [0.2, 0.25) is 0 Å². The van der Waals surface area contributed by atoms with Crippen molar-refractivity contribution < 1.29 is 24.7 Å². The number of hydrogen-bond donors (Lipinski definition) is 5. The molecule has 2 aliphatic heterocycles. The van der Waals surface area contributed by atoms with Crippen LogP contribution in [0.15, 0.2) is 56.4 Å². The van der Waals surface area contributed by atoms with E-state index in [0.29, 0.717) is 27.3 Å². The summed E-state index contributed by atoms with van der Waals surface area (Å²) in [5.74, 6) is -1.68. The lowest BCUT2D eigenvalue weighted by atomic mass is 10.0. The monoisotopic (exact) mass is 548 g/mol. The van der Waals surface area contributed by atoms with Crippen molar-refractivity contribution in [3.63, 3.8) is 0 Å². The van der Waals surface area contributed by atoms with Crippen molar-refractivity contribution >= 4 is 64.6 Å². The molecule has 36 heavy (non-hydrogen) atoms. The Bertz CT molecular complexity index is 1270. The van der Waals surface area contributed by atoms with Crippen molar-refractivity contribution in [1.29, 1.82) is 0 Å². The fourth-order valence-corrected chi connectivity index (χ4v) is 6.52. The zero-order valence-electron chi connectivity index (χ0n) is 18.4. The highest BCUT2D eigenvalue weighted by molar-refractivity contribution is 8.06. The predicted octanol–water partition coefficient (Wildman–Crippen LogP) is 0.171. The van der Waals surface area contributed by atoms with Gasteiger partial charge in [-0.1, -0.05) is 23.0 Å². The molecule has 1 saturated heterocycles. The maximum atomic E-state index is 12.9. The largest absolute Gasteiger partial charge is 0.477 e. The molecule has 13 nitrogen and oxygen atoms in total. The van der Waals surface area contributed by atoms with Crippen LogP contribution < -0.4 is 16.8 Å². The van der Waals surface area contributed by atoms with Crippen molar-refractivity contribution in [2.45, 2.75) is 21.5 Å². The molecule has 0 bridgehead atoms. The molecular formula is C20H20N8O5S3. The van der Waals surface area contributed by atoms with E-state index in [4.69, 9.17) is 11.5 Å². The van der Waals surface area contributed by atoms with Crippen molar-refractivity contribution in [3.8, 4) is 0 Å². The predicted molar refractivity (Wildman–Crippen MR) is 134 cm³/mol. The number of carbonyl (C=O) groups is 3. The molecule has 1 fully saturated rings. The van der Waals surface area contributed by atoms with Gasteiger partial charge in [0, 0.05) is 23.0 Å². The van der Waals surface area contributed by atoms with Gasteiger partial charge in [-0.15, -0.1) is 23.5 Å². The molecule has 4 rings (SSSR count). The van der Waals surface area contributed by atoms with Gasteiger partial charge in [0.25, 0.3) is 11.8 Å². The molecule has 4 heterocycles. The summed E-state index contributed by atoms with van der Waals surface area (Å²) in [6.07, 6.45) is 3.11. The Kier molecular flexibility index (Phi) is 7.97. The highest BCUT2D eigenvalue weighted by Gasteiger charge is 2.54. The van der Waals surface area contributed by atoms with Crippen molar-refractivity contribution in [1.82, 2.24) is 25.2 Å². The summed E-state index contributed by atoms with van der Waals surface area (Å²) in [7, 11) is 0. The molecule has 2 aromatic heterocycles. The second-order valence-corrected chi connectivity index (χ2v) is 10.6. The number of anilines is 1. The molecule has 0 spiro atoms.